The van der Waals surface area contributed by atoms with Crippen LogP contribution in [0.4, 0.5) is 0 Å². The molecule has 0 saturated carbocycles. The predicted molar refractivity (Wildman–Crippen MR) is 86.2 cm³/mol. The molecule has 0 bridgehead atoms. The summed E-state index contributed by atoms with van der Waals surface area (Å²) >= 11 is 0. The average Bonchev–Trinajstić information content (AvgIpc) is 3.08. The number of hydrogen-bond acceptors (Lipinski definition) is 4. The highest BCUT2D eigenvalue weighted by atomic mass is 16.2. The first-order valence-corrected chi connectivity index (χ1v) is 7.35. The highest BCUT2D eigenvalue weighted by Crippen LogP contribution is 2.09. The summed E-state index contributed by atoms with van der Waals surface area (Å²) < 4.78 is 3.34. The molecule has 0 aliphatic carbocycles. The van der Waals surface area contributed by atoms with E-state index >= 15 is 0 Å². The molecule has 0 fully saturated rings. The van der Waals surface area contributed by atoms with Crippen LogP contribution in [0.1, 0.15) is 16.8 Å². The number of carbonyl (C=O) groups is 1. The maximum atomic E-state index is 12.3. The van der Waals surface area contributed by atoms with Crippen LogP contribution in [0.3, 0.4) is 0 Å². The number of aryl methyl sites for hydroxylation is 2. The third-order valence-corrected chi connectivity index (χ3v) is 3.65. The molecule has 0 unspecified atom stereocenters. The number of pyridine rings is 2. The molecule has 23 heavy (non-hydrogen) atoms. The zero-order valence-electron chi connectivity index (χ0n) is 12.8. The Morgan fingerprint density at radius 1 is 1.35 bits per heavy atom. The van der Waals surface area contributed by atoms with Crippen molar-refractivity contribution in [2.24, 2.45) is 7.05 Å². The van der Waals surface area contributed by atoms with Crippen molar-refractivity contribution in [3.63, 3.8) is 0 Å². The van der Waals surface area contributed by atoms with E-state index in [9.17, 15) is 9.59 Å². The van der Waals surface area contributed by atoms with Crippen molar-refractivity contribution in [2.45, 2.75) is 13.0 Å². The summed E-state index contributed by atoms with van der Waals surface area (Å²) in [6, 6.07) is 5.20. The number of carbonyl (C=O) groups excluding carboxylic acids is 1. The van der Waals surface area contributed by atoms with Crippen molar-refractivity contribution in [3.8, 4) is 0 Å². The summed E-state index contributed by atoms with van der Waals surface area (Å²) in [7, 11) is 1.62. The van der Waals surface area contributed by atoms with E-state index in [2.05, 4.69) is 15.3 Å². The fourth-order valence-electron chi connectivity index (χ4n) is 2.44. The lowest BCUT2D eigenvalue weighted by atomic mass is 10.2. The number of imidazole rings is 1. The molecule has 118 valence electrons. The summed E-state index contributed by atoms with van der Waals surface area (Å²) in [5.41, 5.74) is 0.355. The quantitative estimate of drug-likeness (QED) is 0.711. The number of fused-ring (bicyclic) bond motifs is 1. The van der Waals surface area contributed by atoms with Crippen LogP contribution in [0.15, 0.2) is 47.9 Å². The van der Waals surface area contributed by atoms with Crippen molar-refractivity contribution in [1.82, 2.24) is 24.4 Å². The van der Waals surface area contributed by atoms with Crippen LogP contribution in [0.2, 0.25) is 0 Å². The SMILES string of the molecule is Cn1c(=O)c(C(=O)NCCCn2ccnc2)cc2cccnc21. The molecule has 0 aliphatic heterocycles. The van der Waals surface area contributed by atoms with E-state index in [0.29, 0.717) is 12.2 Å². The normalized spacial score (nSPS) is 10.8. The Balaban J connectivity index is 1.71. The smallest absolute Gasteiger partial charge is 0.264 e. The zero-order chi connectivity index (χ0) is 16.2. The first kappa shape index (κ1) is 15.0. The molecule has 7 heteroatoms. The van der Waals surface area contributed by atoms with E-state index in [-0.39, 0.29) is 17.0 Å². The van der Waals surface area contributed by atoms with Gasteiger partial charge in [-0.2, -0.15) is 0 Å². The monoisotopic (exact) mass is 311 g/mol. The number of aromatic nitrogens is 4. The van der Waals surface area contributed by atoms with Crippen molar-refractivity contribution in [1.29, 1.82) is 0 Å². The van der Waals surface area contributed by atoms with Crippen LogP contribution in [-0.2, 0) is 13.6 Å². The highest BCUT2D eigenvalue weighted by molar-refractivity contribution is 5.96. The van der Waals surface area contributed by atoms with Gasteiger partial charge in [0.25, 0.3) is 11.5 Å². The number of amides is 1. The van der Waals surface area contributed by atoms with Crippen LogP contribution in [0.5, 0.6) is 0 Å². The van der Waals surface area contributed by atoms with Gasteiger partial charge in [0.15, 0.2) is 0 Å². The second-order valence-corrected chi connectivity index (χ2v) is 5.25. The third kappa shape index (κ3) is 3.13. The van der Waals surface area contributed by atoms with E-state index in [4.69, 9.17) is 0 Å². The Kier molecular flexibility index (Phi) is 4.18. The summed E-state index contributed by atoms with van der Waals surface area (Å²) in [5.74, 6) is -0.359. The largest absolute Gasteiger partial charge is 0.352 e. The van der Waals surface area contributed by atoms with Crippen LogP contribution < -0.4 is 10.9 Å². The molecular weight excluding hydrogens is 294 g/mol. The van der Waals surface area contributed by atoms with Gasteiger partial charge in [-0.15, -0.1) is 0 Å². The van der Waals surface area contributed by atoms with Gasteiger partial charge in [-0.25, -0.2) is 9.97 Å². The molecule has 3 heterocycles. The van der Waals surface area contributed by atoms with E-state index in [0.717, 1.165) is 18.4 Å². The minimum atomic E-state index is -0.359. The van der Waals surface area contributed by atoms with E-state index in [1.807, 2.05) is 16.8 Å². The molecule has 0 radical (unpaired) electrons. The standard InChI is InChI=1S/C16H17N5O2/c1-20-14-12(4-2-5-18-14)10-13(16(20)23)15(22)19-6-3-8-21-9-7-17-11-21/h2,4-5,7,9-11H,3,6,8H2,1H3,(H,19,22). The fraction of sp³-hybridized carbons (Fsp3) is 0.250. The van der Waals surface area contributed by atoms with Crippen LogP contribution in [0, 0.1) is 0 Å². The lowest BCUT2D eigenvalue weighted by Crippen LogP contribution is -2.33. The molecule has 3 rings (SSSR count). The van der Waals surface area contributed by atoms with Gasteiger partial charge >= 0.3 is 0 Å². The van der Waals surface area contributed by atoms with E-state index in [1.165, 1.54) is 4.57 Å². The maximum Gasteiger partial charge on any atom is 0.264 e. The van der Waals surface area contributed by atoms with Crippen molar-refractivity contribution in [2.75, 3.05) is 6.54 Å². The summed E-state index contributed by atoms with van der Waals surface area (Å²) in [4.78, 5) is 32.7. The second-order valence-electron chi connectivity index (χ2n) is 5.25. The summed E-state index contributed by atoms with van der Waals surface area (Å²) in [6.07, 6.45) is 7.70. The average molecular weight is 311 g/mol. The molecule has 0 aliphatic rings. The minimum Gasteiger partial charge on any atom is -0.352 e. The Labute approximate surface area is 132 Å². The minimum absolute atomic E-state index is 0.135. The number of hydrogen-bond donors (Lipinski definition) is 1. The van der Waals surface area contributed by atoms with Crippen LogP contribution >= 0.6 is 0 Å². The van der Waals surface area contributed by atoms with Gasteiger partial charge in [-0.3, -0.25) is 14.2 Å². The first-order valence-electron chi connectivity index (χ1n) is 7.35. The molecule has 0 atom stereocenters. The lowest BCUT2D eigenvalue weighted by molar-refractivity contribution is 0.0951. The molecule has 0 aromatic carbocycles. The molecule has 0 spiro atoms. The molecular formula is C16H17N5O2. The molecule has 1 amide bonds. The van der Waals surface area contributed by atoms with Gasteiger partial charge in [-0.1, -0.05) is 0 Å². The molecule has 1 N–H and O–H groups in total. The van der Waals surface area contributed by atoms with Gasteiger partial charge in [0.2, 0.25) is 0 Å². The molecule has 3 aromatic rings. The van der Waals surface area contributed by atoms with Gasteiger partial charge in [0.05, 0.1) is 6.33 Å². The Hall–Kier alpha value is -2.96. The maximum absolute atomic E-state index is 12.3. The number of nitrogens with one attached hydrogen (secondary N) is 1. The lowest BCUT2D eigenvalue weighted by Gasteiger charge is -2.09. The van der Waals surface area contributed by atoms with Crippen LogP contribution in [0.25, 0.3) is 11.0 Å². The summed E-state index contributed by atoms with van der Waals surface area (Å²) in [6.45, 7) is 1.26. The van der Waals surface area contributed by atoms with Crippen LogP contribution in [-0.4, -0.2) is 31.6 Å². The second kappa shape index (κ2) is 6.43. The fourth-order valence-corrected chi connectivity index (χ4v) is 2.44. The first-order chi connectivity index (χ1) is 11.2. The Morgan fingerprint density at radius 2 is 2.22 bits per heavy atom. The van der Waals surface area contributed by atoms with E-state index < -0.39 is 0 Å². The number of nitrogens with zero attached hydrogens (tertiary/aromatic N) is 4. The third-order valence-electron chi connectivity index (χ3n) is 3.65. The Morgan fingerprint density at radius 3 is 3.00 bits per heavy atom. The predicted octanol–water partition coefficient (Wildman–Crippen LogP) is 0.950. The Bertz CT molecular complexity index is 883. The molecule has 3 aromatic heterocycles. The van der Waals surface area contributed by atoms with Gasteiger partial charge in [0.1, 0.15) is 11.2 Å². The summed E-state index contributed by atoms with van der Waals surface area (Å²) in [5, 5.41) is 3.55. The number of rotatable bonds is 5. The zero-order valence-corrected chi connectivity index (χ0v) is 12.8. The molecule has 0 saturated heterocycles. The van der Waals surface area contributed by atoms with Crippen molar-refractivity contribution in [3.05, 3.63) is 59.0 Å². The van der Waals surface area contributed by atoms with Gasteiger partial charge < -0.3 is 9.88 Å². The molecule has 7 nitrogen and oxygen atoms in total. The van der Waals surface area contributed by atoms with Gasteiger partial charge in [-0.05, 0) is 24.6 Å². The highest BCUT2D eigenvalue weighted by Gasteiger charge is 2.14. The van der Waals surface area contributed by atoms with Crippen molar-refractivity contribution < 1.29 is 4.79 Å². The van der Waals surface area contributed by atoms with Gasteiger partial charge in [0, 0.05) is 44.1 Å². The van der Waals surface area contributed by atoms with Crippen molar-refractivity contribution >= 4 is 16.9 Å². The topological polar surface area (TPSA) is 81.8 Å². The van der Waals surface area contributed by atoms with E-state index in [1.54, 1.807) is 37.9 Å².